The van der Waals surface area contributed by atoms with Crippen LogP contribution in [0.25, 0.3) is 0 Å². The van der Waals surface area contributed by atoms with Crippen molar-refractivity contribution in [2.75, 3.05) is 41.0 Å². The van der Waals surface area contributed by atoms with Crippen LogP contribution in [0.5, 0.6) is 0 Å². The monoisotopic (exact) mass is 751 g/mol. The summed E-state index contributed by atoms with van der Waals surface area (Å²) in [6, 6.07) is -0.616. The summed E-state index contributed by atoms with van der Waals surface area (Å²) in [5.41, 5.74) is 0. The van der Waals surface area contributed by atoms with E-state index in [0.717, 1.165) is 51.4 Å². The highest BCUT2D eigenvalue weighted by molar-refractivity contribution is 5.72. The summed E-state index contributed by atoms with van der Waals surface area (Å²) in [4.78, 5) is 36.9. The highest BCUT2D eigenvalue weighted by Gasteiger charge is 2.31. The van der Waals surface area contributed by atoms with Crippen LogP contribution in [0, 0.1) is 0 Å². The SMILES string of the molecule is CCCC/C=C/C=C/CCCCCC(=O)OC(COCCC(C(=O)O)[N+](C)(C)C)COC(=O)CCCCCCCCCCCCCCCCCCCC. The van der Waals surface area contributed by atoms with Gasteiger partial charge in [-0.2, -0.15) is 0 Å². The van der Waals surface area contributed by atoms with Crippen LogP contribution >= 0.6 is 0 Å². The molecule has 53 heavy (non-hydrogen) atoms. The van der Waals surface area contributed by atoms with Gasteiger partial charge in [0.2, 0.25) is 0 Å². The van der Waals surface area contributed by atoms with Gasteiger partial charge in [-0.1, -0.05) is 167 Å². The third-order valence-corrected chi connectivity index (χ3v) is 9.88. The summed E-state index contributed by atoms with van der Waals surface area (Å²) >= 11 is 0. The smallest absolute Gasteiger partial charge is 0.362 e. The number of carboxylic acids is 1. The Morgan fingerprint density at radius 2 is 1.00 bits per heavy atom. The molecular formula is C45H84NO7+. The van der Waals surface area contributed by atoms with E-state index in [-0.39, 0.29) is 36.2 Å². The highest BCUT2D eigenvalue weighted by atomic mass is 16.6. The number of quaternary nitrogens is 1. The number of hydrogen-bond acceptors (Lipinski definition) is 6. The molecule has 0 bridgehead atoms. The summed E-state index contributed by atoms with van der Waals surface area (Å²) in [5, 5.41) is 9.60. The van der Waals surface area contributed by atoms with E-state index in [1.165, 1.54) is 109 Å². The number of esters is 2. The van der Waals surface area contributed by atoms with Gasteiger partial charge in [-0.25, -0.2) is 4.79 Å². The molecule has 0 aliphatic rings. The maximum absolute atomic E-state index is 12.7. The molecule has 0 aliphatic heterocycles. The Balaban J connectivity index is 4.28. The van der Waals surface area contributed by atoms with Crippen LogP contribution in [0.2, 0.25) is 0 Å². The first-order valence-electron chi connectivity index (χ1n) is 21.9. The topological polar surface area (TPSA) is 99.1 Å². The van der Waals surface area contributed by atoms with Crippen LogP contribution in [0.3, 0.4) is 0 Å². The fraction of sp³-hybridized carbons (Fsp3) is 0.844. The molecule has 0 heterocycles. The van der Waals surface area contributed by atoms with Crippen molar-refractivity contribution < 1.29 is 38.2 Å². The molecule has 8 nitrogen and oxygen atoms in total. The fourth-order valence-electron chi connectivity index (χ4n) is 6.42. The van der Waals surface area contributed by atoms with Gasteiger partial charge >= 0.3 is 17.9 Å². The number of hydrogen-bond donors (Lipinski definition) is 1. The standard InChI is InChI=1S/C45H83NO7/c1-6-8-10-12-14-16-18-19-20-21-22-23-24-26-27-29-31-33-35-43(47)52-40-41(39-51-38-37-42(45(49)50)46(3,4)5)53-44(48)36-34-32-30-28-25-17-15-13-11-9-7-2/h13,15,17,25,41-42H,6-12,14,16,18-24,26-40H2,1-5H3/p+1/b15-13+,25-17+. The van der Waals surface area contributed by atoms with Crippen LogP contribution in [0.4, 0.5) is 0 Å². The van der Waals surface area contributed by atoms with Gasteiger partial charge in [-0.05, 0) is 32.1 Å². The summed E-state index contributed by atoms with van der Waals surface area (Å²) in [6.07, 6.45) is 39.4. The molecule has 0 aromatic carbocycles. The lowest BCUT2D eigenvalue weighted by molar-refractivity contribution is -0.887. The van der Waals surface area contributed by atoms with E-state index in [1.54, 1.807) is 0 Å². The lowest BCUT2D eigenvalue weighted by Crippen LogP contribution is -2.50. The Morgan fingerprint density at radius 1 is 0.566 bits per heavy atom. The lowest BCUT2D eigenvalue weighted by atomic mass is 10.0. The summed E-state index contributed by atoms with van der Waals surface area (Å²) in [7, 11) is 5.52. The van der Waals surface area contributed by atoms with Crippen molar-refractivity contribution in [2.45, 2.75) is 206 Å². The Kier molecular flexibility index (Phi) is 35.2. The number of carbonyl (C=O) groups excluding carboxylic acids is 2. The van der Waals surface area contributed by atoms with E-state index < -0.39 is 18.1 Å². The van der Waals surface area contributed by atoms with Gasteiger partial charge in [0.05, 0.1) is 34.4 Å². The molecule has 310 valence electrons. The second-order valence-electron chi connectivity index (χ2n) is 16.0. The Bertz CT molecular complexity index is 926. The van der Waals surface area contributed by atoms with Crippen molar-refractivity contribution in [3.05, 3.63) is 24.3 Å². The maximum atomic E-state index is 12.7. The molecule has 0 spiro atoms. The van der Waals surface area contributed by atoms with Crippen LogP contribution < -0.4 is 0 Å². The molecule has 1 N–H and O–H groups in total. The van der Waals surface area contributed by atoms with Crippen molar-refractivity contribution in [3.8, 4) is 0 Å². The molecule has 0 fully saturated rings. The minimum Gasteiger partial charge on any atom is -0.477 e. The third kappa shape index (κ3) is 35.3. The average molecular weight is 751 g/mol. The summed E-state index contributed by atoms with van der Waals surface area (Å²) in [6.45, 7) is 4.67. The zero-order valence-electron chi connectivity index (χ0n) is 35.2. The zero-order valence-corrected chi connectivity index (χ0v) is 35.2. The molecule has 0 saturated heterocycles. The predicted molar refractivity (Wildman–Crippen MR) is 220 cm³/mol. The number of allylic oxidation sites excluding steroid dienone is 4. The third-order valence-electron chi connectivity index (χ3n) is 9.88. The minimum absolute atomic E-state index is 0.0538. The lowest BCUT2D eigenvalue weighted by Gasteiger charge is -2.31. The zero-order chi connectivity index (χ0) is 39.3. The molecule has 2 atom stereocenters. The second-order valence-corrected chi connectivity index (χ2v) is 16.0. The number of ether oxygens (including phenoxy) is 3. The van der Waals surface area contributed by atoms with E-state index in [4.69, 9.17) is 14.2 Å². The Labute approximate surface area is 326 Å². The maximum Gasteiger partial charge on any atom is 0.362 e. The van der Waals surface area contributed by atoms with Gasteiger partial charge in [-0.3, -0.25) is 9.59 Å². The molecule has 0 aromatic heterocycles. The summed E-state index contributed by atoms with van der Waals surface area (Å²) < 4.78 is 17.2. The highest BCUT2D eigenvalue weighted by Crippen LogP contribution is 2.15. The number of nitrogens with zero attached hydrogens (tertiary/aromatic N) is 1. The van der Waals surface area contributed by atoms with Crippen LogP contribution in [-0.2, 0) is 28.6 Å². The molecule has 0 aromatic rings. The van der Waals surface area contributed by atoms with Crippen LogP contribution in [-0.4, -0.2) is 80.6 Å². The van der Waals surface area contributed by atoms with E-state index in [0.29, 0.717) is 19.3 Å². The number of aliphatic carboxylic acids is 1. The molecule has 0 radical (unpaired) electrons. The van der Waals surface area contributed by atoms with Crippen molar-refractivity contribution in [2.24, 2.45) is 0 Å². The van der Waals surface area contributed by atoms with Crippen LogP contribution in [0.15, 0.2) is 24.3 Å². The van der Waals surface area contributed by atoms with E-state index in [9.17, 15) is 19.5 Å². The number of carbonyl (C=O) groups is 3. The van der Waals surface area contributed by atoms with Crippen molar-refractivity contribution >= 4 is 17.9 Å². The first-order valence-corrected chi connectivity index (χ1v) is 21.9. The largest absolute Gasteiger partial charge is 0.477 e. The second kappa shape index (κ2) is 36.8. The average Bonchev–Trinajstić information content (AvgIpc) is 3.11. The van der Waals surface area contributed by atoms with Crippen LogP contribution in [0.1, 0.15) is 194 Å². The van der Waals surface area contributed by atoms with E-state index in [1.807, 2.05) is 21.1 Å². The quantitative estimate of drug-likeness (QED) is 0.0289. The van der Waals surface area contributed by atoms with E-state index >= 15 is 0 Å². The number of likely N-dealkylation sites (N-methyl/N-ethyl adjacent to an activating group) is 1. The first kappa shape index (κ1) is 50.8. The normalized spacial score (nSPS) is 13.2. The molecule has 2 unspecified atom stereocenters. The molecule has 0 saturated carbocycles. The fourth-order valence-corrected chi connectivity index (χ4v) is 6.42. The van der Waals surface area contributed by atoms with E-state index in [2.05, 4.69) is 38.2 Å². The van der Waals surface area contributed by atoms with Gasteiger partial charge in [0, 0.05) is 19.3 Å². The first-order chi connectivity index (χ1) is 25.6. The molecule has 0 rings (SSSR count). The minimum atomic E-state index is -0.878. The van der Waals surface area contributed by atoms with Gasteiger partial charge in [0.1, 0.15) is 6.61 Å². The van der Waals surface area contributed by atoms with Gasteiger partial charge in [0.15, 0.2) is 12.1 Å². The molecule has 0 aliphatic carbocycles. The summed E-state index contributed by atoms with van der Waals surface area (Å²) in [5.74, 6) is -1.49. The number of unbranched alkanes of at least 4 members (excludes halogenated alkanes) is 22. The predicted octanol–water partition coefficient (Wildman–Crippen LogP) is 11.7. The molecular weight excluding hydrogens is 666 g/mol. The van der Waals surface area contributed by atoms with Crippen molar-refractivity contribution in [1.82, 2.24) is 0 Å². The number of carboxylic acid groups (broad SMARTS) is 1. The van der Waals surface area contributed by atoms with Crippen molar-refractivity contribution in [1.29, 1.82) is 0 Å². The van der Waals surface area contributed by atoms with Gasteiger partial charge in [0.25, 0.3) is 0 Å². The van der Waals surface area contributed by atoms with Gasteiger partial charge in [-0.15, -0.1) is 0 Å². The van der Waals surface area contributed by atoms with Crippen molar-refractivity contribution in [3.63, 3.8) is 0 Å². The molecule has 0 amide bonds. The number of rotatable bonds is 39. The Morgan fingerprint density at radius 3 is 1.47 bits per heavy atom. The molecule has 8 heteroatoms. The Hall–Kier alpha value is -2.19. The van der Waals surface area contributed by atoms with Gasteiger partial charge < -0.3 is 23.8 Å².